The van der Waals surface area contributed by atoms with Crippen LogP contribution in [0.2, 0.25) is 0 Å². The molecular weight excluding hydrogens is 198 g/mol. The fraction of sp³-hybridized carbons (Fsp3) is 0.222. The molecule has 0 aliphatic rings. The van der Waals surface area contributed by atoms with Crippen molar-refractivity contribution < 1.29 is 0 Å². The van der Waals surface area contributed by atoms with Crippen LogP contribution in [-0.2, 0) is 5.88 Å². The predicted molar refractivity (Wildman–Crippen MR) is 57.3 cm³/mol. The van der Waals surface area contributed by atoms with Gasteiger partial charge in [0.25, 0.3) is 5.56 Å². The van der Waals surface area contributed by atoms with Crippen molar-refractivity contribution in [2.45, 2.75) is 5.88 Å². The summed E-state index contributed by atoms with van der Waals surface area (Å²) in [7, 11) is 0. The highest BCUT2D eigenvalue weighted by Gasteiger charge is 2.02. The van der Waals surface area contributed by atoms with Crippen LogP contribution in [0.3, 0.4) is 0 Å². The molecule has 0 fully saturated rings. The molecule has 0 unspecified atom stereocenters. The second-order valence-electron chi connectivity index (χ2n) is 2.81. The second kappa shape index (κ2) is 3.79. The minimum Gasteiger partial charge on any atom is -0.289 e. The Hall–Kier alpha value is -1.36. The van der Waals surface area contributed by atoms with E-state index in [1.54, 1.807) is 34.7 Å². The molecule has 2 heterocycles. The number of hydrogen-bond donors (Lipinski definition) is 0. The maximum atomic E-state index is 11.8. The first kappa shape index (κ1) is 9.21. The lowest BCUT2D eigenvalue weighted by Crippen LogP contribution is -2.19. The van der Waals surface area contributed by atoms with Crippen LogP contribution in [-0.4, -0.2) is 20.8 Å². The molecule has 72 valence electrons. The number of aromatic nitrogens is 3. The van der Waals surface area contributed by atoms with Crippen molar-refractivity contribution >= 4 is 22.8 Å². The number of thioether (sulfide) groups is 1. The molecule has 14 heavy (non-hydrogen) atoms. The normalized spacial score (nSPS) is 10.6. The van der Waals surface area contributed by atoms with Crippen LogP contribution < -0.4 is 5.56 Å². The summed E-state index contributed by atoms with van der Waals surface area (Å²) in [5, 5.41) is 0.573. The van der Waals surface area contributed by atoms with E-state index in [9.17, 15) is 4.79 Å². The highest BCUT2D eigenvalue weighted by atomic mass is 32.2. The molecule has 2 aromatic rings. The van der Waals surface area contributed by atoms with Crippen LogP contribution in [0.5, 0.6) is 0 Å². The van der Waals surface area contributed by atoms with Gasteiger partial charge < -0.3 is 0 Å². The summed E-state index contributed by atoms with van der Waals surface area (Å²) in [5.41, 5.74) is 0.479. The first-order valence-electron chi connectivity index (χ1n) is 4.12. The van der Waals surface area contributed by atoms with Gasteiger partial charge in [0.05, 0.1) is 11.3 Å². The third-order valence-corrected chi connectivity index (χ3v) is 2.40. The molecule has 0 amide bonds. The van der Waals surface area contributed by atoms with E-state index in [1.165, 1.54) is 6.33 Å². The van der Waals surface area contributed by atoms with E-state index >= 15 is 0 Å². The van der Waals surface area contributed by atoms with Crippen LogP contribution in [0.1, 0.15) is 0 Å². The van der Waals surface area contributed by atoms with Crippen molar-refractivity contribution in [3.63, 3.8) is 0 Å². The minimum atomic E-state index is -0.0301. The molecule has 0 aliphatic carbocycles. The fourth-order valence-corrected chi connectivity index (χ4v) is 1.69. The van der Waals surface area contributed by atoms with Crippen LogP contribution in [0, 0.1) is 0 Å². The zero-order valence-corrected chi connectivity index (χ0v) is 8.49. The third kappa shape index (κ3) is 1.50. The third-order valence-electron chi connectivity index (χ3n) is 1.87. The maximum absolute atomic E-state index is 11.8. The van der Waals surface area contributed by atoms with Crippen molar-refractivity contribution in [1.82, 2.24) is 14.5 Å². The predicted octanol–water partition coefficient (Wildman–Crippen LogP) is 1.11. The van der Waals surface area contributed by atoms with E-state index in [2.05, 4.69) is 9.97 Å². The lowest BCUT2D eigenvalue weighted by Gasteiger charge is -2.02. The van der Waals surface area contributed by atoms with Gasteiger partial charge >= 0.3 is 0 Å². The Balaban J connectivity index is 2.69. The molecule has 0 aromatic carbocycles. The molecule has 0 N–H and O–H groups in total. The summed E-state index contributed by atoms with van der Waals surface area (Å²) in [6.07, 6.45) is 5.11. The van der Waals surface area contributed by atoms with Crippen molar-refractivity contribution in [2.75, 3.05) is 6.26 Å². The van der Waals surface area contributed by atoms with Gasteiger partial charge in [0.15, 0.2) is 5.65 Å². The van der Waals surface area contributed by atoms with Crippen molar-refractivity contribution in [1.29, 1.82) is 0 Å². The van der Waals surface area contributed by atoms with Gasteiger partial charge in [-0.05, 0) is 18.4 Å². The van der Waals surface area contributed by atoms with E-state index in [0.29, 0.717) is 16.9 Å². The highest BCUT2D eigenvalue weighted by molar-refractivity contribution is 7.97. The molecule has 2 aromatic heterocycles. The Morgan fingerprint density at radius 2 is 2.36 bits per heavy atom. The quantitative estimate of drug-likeness (QED) is 0.740. The molecule has 0 bridgehead atoms. The minimum absolute atomic E-state index is 0.0301. The molecule has 0 atom stereocenters. The van der Waals surface area contributed by atoms with Crippen molar-refractivity contribution in [3.8, 4) is 0 Å². The largest absolute Gasteiger partial charge is 0.289 e. The van der Waals surface area contributed by atoms with Gasteiger partial charge in [-0.1, -0.05) is 0 Å². The molecule has 5 heteroatoms. The standard InChI is InChI=1S/C9H9N3OS/c1-14-6-12-5-11-8-7(9(12)13)3-2-4-10-8/h2-5H,6H2,1H3. The van der Waals surface area contributed by atoms with Gasteiger partial charge in [-0.3, -0.25) is 9.36 Å². The topological polar surface area (TPSA) is 47.8 Å². The number of rotatable bonds is 2. The average molecular weight is 207 g/mol. The Labute approximate surface area is 85.0 Å². The molecule has 4 nitrogen and oxygen atoms in total. The smallest absolute Gasteiger partial charge is 0.263 e. The maximum Gasteiger partial charge on any atom is 0.263 e. The molecular formula is C9H9N3OS. The van der Waals surface area contributed by atoms with Crippen LogP contribution in [0.25, 0.3) is 11.0 Å². The number of pyridine rings is 1. The number of hydrogen-bond acceptors (Lipinski definition) is 4. The van der Waals surface area contributed by atoms with Gasteiger partial charge in [0.2, 0.25) is 0 Å². The Morgan fingerprint density at radius 1 is 1.50 bits per heavy atom. The SMILES string of the molecule is CSCn1cnc2ncccc2c1=O. The highest BCUT2D eigenvalue weighted by Crippen LogP contribution is 2.02. The summed E-state index contributed by atoms with van der Waals surface area (Å²) >= 11 is 1.58. The molecule has 2 rings (SSSR count). The van der Waals surface area contributed by atoms with E-state index in [4.69, 9.17) is 0 Å². The molecule has 0 spiro atoms. The van der Waals surface area contributed by atoms with Crippen LogP contribution in [0.15, 0.2) is 29.5 Å². The zero-order valence-electron chi connectivity index (χ0n) is 7.67. The molecule has 0 radical (unpaired) electrons. The van der Waals surface area contributed by atoms with Gasteiger partial charge in [-0.25, -0.2) is 9.97 Å². The first-order valence-corrected chi connectivity index (χ1v) is 5.51. The fourth-order valence-electron chi connectivity index (χ4n) is 1.23. The summed E-state index contributed by atoms with van der Waals surface area (Å²) in [6, 6.07) is 3.49. The van der Waals surface area contributed by atoms with Gasteiger partial charge in [0.1, 0.15) is 6.33 Å². The van der Waals surface area contributed by atoms with Crippen LogP contribution in [0.4, 0.5) is 0 Å². The first-order chi connectivity index (χ1) is 6.83. The van der Waals surface area contributed by atoms with Crippen LogP contribution >= 0.6 is 11.8 Å². The monoisotopic (exact) mass is 207 g/mol. The summed E-state index contributed by atoms with van der Waals surface area (Å²) < 4.78 is 1.58. The van der Waals surface area contributed by atoms with E-state index in [-0.39, 0.29) is 5.56 Å². The Kier molecular flexibility index (Phi) is 2.49. The van der Waals surface area contributed by atoms with Crippen molar-refractivity contribution in [3.05, 3.63) is 35.0 Å². The summed E-state index contributed by atoms with van der Waals surface area (Å²) in [5.74, 6) is 0.622. The van der Waals surface area contributed by atoms with E-state index in [1.807, 2.05) is 6.26 Å². The number of nitrogens with zero attached hydrogens (tertiary/aromatic N) is 3. The summed E-state index contributed by atoms with van der Waals surface area (Å²) in [6.45, 7) is 0. The van der Waals surface area contributed by atoms with Gasteiger partial charge in [-0.15, -0.1) is 11.8 Å². The molecule has 0 saturated carbocycles. The lowest BCUT2D eigenvalue weighted by atomic mass is 10.3. The van der Waals surface area contributed by atoms with E-state index in [0.717, 1.165) is 0 Å². The second-order valence-corrected chi connectivity index (χ2v) is 3.65. The molecule has 0 saturated heterocycles. The Morgan fingerprint density at radius 3 is 3.14 bits per heavy atom. The van der Waals surface area contributed by atoms with E-state index < -0.39 is 0 Å². The molecule has 0 aliphatic heterocycles. The van der Waals surface area contributed by atoms with Gasteiger partial charge in [-0.2, -0.15) is 0 Å². The average Bonchev–Trinajstić information content (AvgIpc) is 2.23. The zero-order chi connectivity index (χ0) is 9.97. The number of fused-ring (bicyclic) bond motifs is 1. The Bertz CT molecular complexity index is 509. The van der Waals surface area contributed by atoms with Gasteiger partial charge in [0, 0.05) is 6.20 Å². The summed E-state index contributed by atoms with van der Waals surface area (Å²) in [4.78, 5) is 19.9. The van der Waals surface area contributed by atoms with Crippen molar-refractivity contribution in [2.24, 2.45) is 0 Å². The lowest BCUT2D eigenvalue weighted by molar-refractivity contribution is 0.822.